The van der Waals surface area contributed by atoms with Crippen molar-refractivity contribution in [2.45, 2.75) is 19.4 Å². The van der Waals surface area contributed by atoms with Gasteiger partial charge in [0, 0.05) is 6.20 Å². The molecule has 1 heterocycles. The van der Waals surface area contributed by atoms with Crippen molar-refractivity contribution in [1.29, 1.82) is 0 Å². The second-order valence-corrected chi connectivity index (χ2v) is 3.38. The summed E-state index contributed by atoms with van der Waals surface area (Å²) in [5.41, 5.74) is 0. The molecule has 5 heteroatoms. The Morgan fingerprint density at radius 1 is 1.92 bits per heavy atom. The van der Waals surface area contributed by atoms with E-state index in [-0.39, 0.29) is 12.5 Å². The van der Waals surface area contributed by atoms with Gasteiger partial charge in [-0.15, -0.1) is 0 Å². The van der Waals surface area contributed by atoms with Gasteiger partial charge in [0.15, 0.2) is 0 Å². The Bertz CT molecular complexity index is 285. The Labute approximate surface area is 78.3 Å². The summed E-state index contributed by atoms with van der Waals surface area (Å²) in [6.07, 6.45) is 1.84. The second-order valence-electron chi connectivity index (χ2n) is 2.57. The van der Waals surface area contributed by atoms with Crippen LogP contribution in [0.3, 0.4) is 0 Å². The third-order valence-electron chi connectivity index (χ3n) is 1.50. The smallest absolute Gasteiger partial charge is 0.305 e. The van der Waals surface area contributed by atoms with Gasteiger partial charge in [-0.3, -0.25) is 9.48 Å². The topological polar surface area (TPSA) is 55.1 Å². The number of rotatable bonds is 3. The molecule has 66 valence electrons. The minimum atomic E-state index is -0.811. The van der Waals surface area contributed by atoms with Crippen molar-refractivity contribution < 1.29 is 9.90 Å². The van der Waals surface area contributed by atoms with Crippen molar-refractivity contribution in [1.82, 2.24) is 9.78 Å². The summed E-state index contributed by atoms with van der Waals surface area (Å²) in [5.74, 6) is -0.811. The second kappa shape index (κ2) is 3.71. The number of hydrogen-bond donors (Lipinski definition) is 1. The first-order chi connectivity index (χ1) is 5.59. The van der Waals surface area contributed by atoms with Crippen LogP contribution in [-0.4, -0.2) is 20.9 Å². The lowest BCUT2D eigenvalue weighted by Crippen LogP contribution is -2.10. The standard InChI is InChI=1S/C7H9BrN2O2/c1-5(4-7(11)12)10-3-2-6(8)9-10/h2-3,5H,4H2,1H3,(H,11,12)/t5-/m1/s1. The van der Waals surface area contributed by atoms with Crippen LogP contribution in [0.2, 0.25) is 0 Å². The summed E-state index contributed by atoms with van der Waals surface area (Å²) in [6.45, 7) is 1.81. The molecular formula is C7H9BrN2O2. The van der Waals surface area contributed by atoms with E-state index in [1.165, 1.54) is 0 Å². The normalized spacial score (nSPS) is 12.8. The third kappa shape index (κ3) is 2.34. The lowest BCUT2D eigenvalue weighted by Gasteiger charge is -2.07. The zero-order valence-electron chi connectivity index (χ0n) is 6.57. The van der Waals surface area contributed by atoms with Crippen LogP contribution in [0.25, 0.3) is 0 Å². The van der Waals surface area contributed by atoms with E-state index < -0.39 is 5.97 Å². The number of nitrogens with zero attached hydrogens (tertiary/aromatic N) is 2. The van der Waals surface area contributed by atoms with E-state index in [1.807, 2.05) is 6.92 Å². The fraction of sp³-hybridized carbons (Fsp3) is 0.429. The monoisotopic (exact) mass is 232 g/mol. The first kappa shape index (κ1) is 9.25. The predicted molar refractivity (Wildman–Crippen MR) is 46.9 cm³/mol. The van der Waals surface area contributed by atoms with Crippen molar-refractivity contribution in [2.24, 2.45) is 0 Å². The molecule has 0 bridgehead atoms. The minimum absolute atomic E-state index is 0.0914. The van der Waals surface area contributed by atoms with E-state index in [0.717, 1.165) is 4.60 Å². The van der Waals surface area contributed by atoms with Crippen LogP contribution in [0.15, 0.2) is 16.9 Å². The van der Waals surface area contributed by atoms with Crippen LogP contribution in [-0.2, 0) is 4.79 Å². The molecule has 0 aromatic carbocycles. The Morgan fingerprint density at radius 3 is 3.00 bits per heavy atom. The maximum atomic E-state index is 10.3. The minimum Gasteiger partial charge on any atom is -0.481 e. The van der Waals surface area contributed by atoms with Crippen LogP contribution < -0.4 is 0 Å². The highest BCUT2D eigenvalue weighted by molar-refractivity contribution is 9.10. The van der Waals surface area contributed by atoms with Gasteiger partial charge >= 0.3 is 5.97 Å². The molecule has 0 amide bonds. The largest absolute Gasteiger partial charge is 0.481 e. The van der Waals surface area contributed by atoms with E-state index in [1.54, 1.807) is 16.9 Å². The average Bonchev–Trinajstić information content (AvgIpc) is 2.34. The molecule has 1 N–H and O–H groups in total. The molecule has 0 radical (unpaired) electrons. The number of carbonyl (C=O) groups is 1. The first-order valence-electron chi connectivity index (χ1n) is 3.52. The van der Waals surface area contributed by atoms with E-state index in [9.17, 15) is 4.79 Å². The van der Waals surface area contributed by atoms with Crippen LogP contribution in [0.1, 0.15) is 19.4 Å². The molecule has 4 nitrogen and oxygen atoms in total. The Balaban J connectivity index is 2.64. The molecular weight excluding hydrogens is 224 g/mol. The zero-order chi connectivity index (χ0) is 9.14. The van der Waals surface area contributed by atoms with Gasteiger partial charge in [-0.05, 0) is 28.9 Å². The molecule has 0 unspecified atom stereocenters. The van der Waals surface area contributed by atoms with Gasteiger partial charge in [0.2, 0.25) is 0 Å². The lowest BCUT2D eigenvalue weighted by atomic mass is 10.2. The molecule has 0 aliphatic heterocycles. The number of carboxylic acid groups (broad SMARTS) is 1. The summed E-state index contributed by atoms with van der Waals surface area (Å²) in [6, 6.07) is 1.67. The molecule has 0 aliphatic rings. The van der Waals surface area contributed by atoms with Gasteiger partial charge in [0.05, 0.1) is 12.5 Å². The molecule has 1 rings (SSSR count). The van der Waals surface area contributed by atoms with Crippen molar-refractivity contribution in [3.63, 3.8) is 0 Å². The number of carboxylic acids is 1. The maximum absolute atomic E-state index is 10.3. The summed E-state index contributed by atoms with van der Waals surface area (Å²) < 4.78 is 2.35. The van der Waals surface area contributed by atoms with Crippen LogP contribution in [0.4, 0.5) is 0 Å². The molecule has 0 fully saturated rings. The highest BCUT2D eigenvalue weighted by Gasteiger charge is 2.09. The summed E-state index contributed by atoms with van der Waals surface area (Å²) in [4.78, 5) is 10.3. The van der Waals surface area contributed by atoms with Gasteiger partial charge < -0.3 is 5.11 Å². The summed E-state index contributed by atoms with van der Waals surface area (Å²) in [7, 11) is 0. The quantitative estimate of drug-likeness (QED) is 0.863. The average molecular weight is 233 g/mol. The van der Waals surface area contributed by atoms with Gasteiger partial charge in [0.1, 0.15) is 4.60 Å². The Hall–Kier alpha value is -0.840. The molecule has 0 aliphatic carbocycles. The molecule has 1 aromatic rings. The van der Waals surface area contributed by atoms with Crippen molar-refractivity contribution >= 4 is 21.9 Å². The zero-order valence-corrected chi connectivity index (χ0v) is 8.15. The first-order valence-corrected chi connectivity index (χ1v) is 4.31. The number of aliphatic carboxylic acids is 1. The van der Waals surface area contributed by atoms with Gasteiger partial charge in [-0.1, -0.05) is 0 Å². The summed E-state index contributed by atoms with van der Waals surface area (Å²) >= 11 is 3.19. The van der Waals surface area contributed by atoms with Gasteiger partial charge in [-0.2, -0.15) is 5.10 Å². The lowest BCUT2D eigenvalue weighted by molar-refractivity contribution is -0.137. The Kier molecular flexibility index (Phi) is 2.86. The molecule has 0 spiro atoms. The molecule has 1 atom stereocenters. The highest BCUT2D eigenvalue weighted by Crippen LogP contribution is 2.12. The molecule has 0 saturated heterocycles. The van der Waals surface area contributed by atoms with Gasteiger partial charge in [0.25, 0.3) is 0 Å². The van der Waals surface area contributed by atoms with E-state index in [2.05, 4.69) is 21.0 Å². The van der Waals surface area contributed by atoms with Crippen LogP contribution in [0.5, 0.6) is 0 Å². The number of hydrogen-bond acceptors (Lipinski definition) is 2. The molecule has 1 aromatic heterocycles. The fourth-order valence-electron chi connectivity index (χ4n) is 0.907. The van der Waals surface area contributed by atoms with Crippen LogP contribution >= 0.6 is 15.9 Å². The predicted octanol–water partition coefficient (Wildman–Crippen LogP) is 1.68. The van der Waals surface area contributed by atoms with Gasteiger partial charge in [-0.25, -0.2) is 0 Å². The van der Waals surface area contributed by atoms with Crippen molar-refractivity contribution in [2.75, 3.05) is 0 Å². The third-order valence-corrected chi connectivity index (χ3v) is 1.92. The van der Waals surface area contributed by atoms with E-state index >= 15 is 0 Å². The molecule has 12 heavy (non-hydrogen) atoms. The van der Waals surface area contributed by atoms with Crippen LogP contribution in [0, 0.1) is 0 Å². The fourth-order valence-corrected chi connectivity index (χ4v) is 1.21. The maximum Gasteiger partial charge on any atom is 0.305 e. The SMILES string of the molecule is C[C@H](CC(=O)O)n1ccc(Br)n1. The van der Waals surface area contributed by atoms with E-state index in [4.69, 9.17) is 5.11 Å². The number of aromatic nitrogens is 2. The van der Waals surface area contributed by atoms with Crippen molar-refractivity contribution in [3.05, 3.63) is 16.9 Å². The Morgan fingerprint density at radius 2 is 2.58 bits per heavy atom. The van der Waals surface area contributed by atoms with E-state index in [0.29, 0.717) is 0 Å². The summed E-state index contributed by atoms with van der Waals surface area (Å²) in [5, 5.41) is 12.5. The highest BCUT2D eigenvalue weighted by atomic mass is 79.9. The van der Waals surface area contributed by atoms with Crippen molar-refractivity contribution in [3.8, 4) is 0 Å². The molecule has 0 saturated carbocycles. The number of halogens is 1.